The third-order valence-electron chi connectivity index (χ3n) is 3.81. The Bertz CT molecular complexity index is 971. The molecule has 5 nitrogen and oxygen atoms in total. The number of hydrogen-bond acceptors (Lipinski definition) is 5. The first-order valence-electron chi connectivity index (χ1n) is 7.55. The number of thiophene rings is 1. The molecule has 0 radical (unpaired) electrons. The average molecular weight is 362 g/mol. The van der Waals surface area contributed by atoms with Gasteiger partial charge in [0.05, 0.1) is 10.6 Å². The first kappa shape index (κ1) is 16.7. The molecule has 0 atom stereocenters. The van der Waals surface area contributed by atoms with Crippen LogP contribution in [-0.2, 0) is 16.4 Å². The molecule has 0 bridgehead atoms. The van der Waals surface area contributed by atoms with Crippen molar-refractivity contribution in [2.45, 2.75) is 31.4 Å². The van der Waals surface area contributed by atoms with E-state index in [1.165, 1.54) is 11.3 Å². The Hall–Kier alpha value is -2.12. The zero-order valence-corrected chi connectivity index (χ0v) is 15.3. The van der Waals surface area contributed by atoms with Crippen molar-refractivity contribution >= 4 is 27.0 Å². The predicted molar refractivity (Wildman–Crippen MR) is 95.9 cm³/mol. The molecule has 126 valence electrons. The topological polar surface area (TPSA) is 72.2 Å². The van der Waals surface area contributed by atoms with Gasteiger partial charge in [0.15, 0.2) is 5.76 Å². The lowest BCUT2D eigenvalue weighted by atomic mass is 10.1. The van der Waals surface area contributed by atoms with Crippen molar-refractivity contribution in [3.05, 3.63) is 53.2 Å². The van der Waals surface area contributed by atoms with Gasteiger partial charge in [-0.2, -0.15) is 0 Å². The number of rotatable bonds is 5. The van der Waals surface area contributed by atoms with Gasteiger partial charge in [0.1, 0.15) is 4.21 Å². The largest absolute Gasteiger partial charge is 0.355 e. The van der Waals surface area contributed by atoms with E-state index in [2.05, 4.69) is 9.88 Å². The maximum absolute atomic E-state index is 12.6. The highest BCUT2D eigenvalue weighted by Crippen LogP contribution is 2.34. The van der Waals surface area contributed by atoms with Crippen LogP contribution in [0.2, 0.25) is 0 Å². The number of anilines is 1. The Balaban J connectivity index is 1.89. The van der Waals surface area contributed by atoms with E-state index in [-0.39, 0.29) is 4.21 Å². The minimum atomic E-state index is -3.63. The number of aryl methyl sites for hydroxylation is 2. The van der Waals surface area contributed by atoms with E-state index >= 15 is 0 Å². The first-order valence-corrected chi connectivity index (χ1v) is 9.85. The van der Waals surface area contributed by atoms with Crippen LogP contribution >= 0.6 is 11.3 Å². The number of aromatic nitrogens is 1. The molecule has 3 aromatic rings. The standard InChI is InChI=1S/C17H18N2O3S2/c1-4-13-6-5-7-14(10-13)19-24(20,21)16-9-8-15(23-16)17-11(2)12(3)18-22-17/h5-10,19H,4H2,1-3H3. The van der Waals surface area contributed by atoms with Crippen LogP contribution < -0.4 is 4.72 Å². The van der Waals surface area contributed by atoms with Crippen molar-refractivity contribution < 1.29 is 12.9 Å². The molecule has 1 aromatic carbocycles. The van der Waals surface area contributed by atoms with Gasteiger partial charge in [0, 0.05) is 11.3 Å². The first-order chi connectivity index (χ1) is 11.4. The van der Waals surface area contributed by atoms with E-state index in [1.54, 1.807) is 18.2 Å². The molecule has 0 spiro atoms. The van der Waals surface area contributed by atoms with E-state index in [4.69, 9.17) is 4.52 Å². The quantitative estimate of drug-likeness (QED) is 0.731. The molecule has 2 aromatic heterocycles. The average Bonchev–Trinajstić information content (AvgIpc) is 3.16. The summed E-state index contributed by atoms with van der Waals surface area (Å²) in [6, 6.07) is 10.7. The molecule has 0 fully saturated rings. The van der Waals surface area contributed by atoms with Crippen LogP contribution in [0.4, 0.5) is 5.69 Å². The summed E-state index contributed by atoms with van der Waals surface area (Å²) >= 11 is 1.17. The van der Waals surface area contributed by atoms with Crippen molar-refractivity contribution in [2.75, 3.05) is 4.72 Å². The molecule has 0 aliphatic carbocycles. The van der Waals surface area contributed by atoms with Crippen LogP contribution in [-0.4, -0.2) is 13.6 Å². The Morgan fingerprint density at radius 2 is 2.00 bits per heavy atom. The maximum Gasteiger partial charge on any atom is 0.271 e. The SMILES string of the molecule is CCc1cccc(NS(=O)(=O)c2ccc(-c3onc(C)c3C)s2)c1. The number of nitrogens with one attached hydrogen (secondary N) is 1. The zero-order chi connectivity index (χ0) is 17.3. The highest BCUT2D eigenvalue weighted by Gasteiger charge is 2.20. The summed E-state index contributed by atoms with van der Waals surface area (Å²) in [7, 11) is -3.63. The summed E-state index contributed by atoms with van der Waals surface area (Å²) in [4.78, 5) is 0.746. The second kappa shape index (κ2) is 6.41. The predicted octanol–water partition coefficient (Wildman–Crippen LogP) is 4.38. The van der Waals surface area contributed by atoms with Crippen molar-refractivity contribution in [3.63, 3.8) is 0 Å². The lowest BCUT2D eigenvalue weighted by molar-refractivity contribution is 0.427. The smallest absolute Gasteiger partial charge is 0.271 e. The summed E-state index contributed by atoms with van der Waals surface area (Å²) in [5, 5.41) is 3.92. The summed E-state index contributed by atoms with van der Waals surface area (Å²) in [6.07, 6.45) is 0.850. The third kappa shape index (κ3) is 3.22. The van der Waals surface area contributed by atoms with Gasteiger partial charge >= 0.3 is 0 Å². The van der Waals surface area contributed by atoms with Gasteiger partial charge < -0.3 is 4.52 Å². The number of sulfonamides is 1. The summed E-state index contributed by atoms with van der Waals surface area (Å²) in [5.41, 5.74) is 3.37. The molecular weight excluding hydrogens is 344 g/mol. The van der Waals surface area contributed by atoms with Crippen molar-refractivity contribution in [2.24, 2.45) is 0 Å². The number of nitrogens with zero attached hydrogens (tertiary/aromatic N) is 1. The minimum absolute atomic E-state index is 0.243. The van der Waals surface area contributed by atoms with Gasteiger partial charge in [-0.15, -0.1) is 11.3 Å². The van der Waals surface area contributed by atoms with Gasteiger partial charge in [-0.3, -0.25) is 4.72 Å². The van der Waals surface area contributed by atoms with E-state index in [0.717, 1.165) is 28.1 Å². The van der Waals surface area contributed by atoms with E-state index < -0.39 is 10.0 Å². The number of hydrogen-bond donors (Lipinski definition) is 1. The van der Waals surface area contributed by atoms with Gasteiger partial charge in [0.2, 0.25) is 0 Å². The Morgan fingerprint density at radius 1 is 1.21 bits per heavy atom. The molecule has 24 heavy (non-hydrogen) atoms. The van der Waals surface area contributed by atoms with Gasteiger partial charge in [-0.05, 0) is 50.1 Å². The van der Waals surface area contributed by atoms with Crippen LogP contribution in [0.25, 0.3) is 10.6 Å². The van der Waals surface area contributed by atoms with Crippen molar-refractivity contribution in [1.82, 2.24) is 5.16 Å². The van der Waals surface area contributed by atoms with Crippen LogP contribution in [0.1, 0.15) is 23.7 Å². The molecule has 2 heterocycles. The zero-order valence-electron chi connectivity index (χ0n) is 13.7. The van der Waals surface area contributed by atoms with E-state index in [0.29, 0.717) is 11.4 Å². The fourth-order valence-electron chi connectivity index (χ4n) is 2.29. The third-order valence-corrected chi connectivity index (χ3v) is 6.77. The van der Waals surface area contributed by atoms with Gasteiger partial charge in [-0.25, -0.2) is 8.42 Å². The van der Waals surface area contributed by atoms with E-state index in [1.807, 2.05) is 39.0 Å². The molecule has 0 amide bonds. The monoisotopic (exact) mass is 362 g/mol. The lowest BCUT2D eigenvalue weighted by Gasteiger charge is -2.07. The summed E-state index contributed by atoms with van der Waals surface area (Å²) < 4.78 is 33.4. The van der Waals surface area contributed by atoms with Crippen molar-refractivity contribution in [1.29, 1.82) is 0 Å². The Morgan fingerprint density at radius 3 is 2.67 bits per heavy atom. The highest BCUT2D eigenvalue weighted by molar-refractivity contribution is 7.94. The molecule has 0 aliphatic rings. The van der Waals surface area contributed by atoms with Gasteiger partial charge in [-0.1, -0.05) is 24.2 Å². The molecular formula is C17H18N2O3S2. The van der Waals surface area contributed by atoms with Crippen LogP contribution in [0.3, 0.4) is 0 Å². The van der Waals surface area contributed by atoms with Crippen LogP contribution in [0.5, 0.6) is 0 Å². The Kier molecular flexibility index (Phi) is 4.47. The van der Waals surface area contributed by atoms with Gasteiger partial charge in [0.25, 0.3) is 10.0 Å². The fraction of sp³-hybridized carbons (Fsp3) is 0.235. The minimum Gasteiger partial charge on any atom is -0.355 e. The highest BCUT2D eigenvalue weighted by atomic mass is 32.2. The fourth-order valence-corrected chi connectivity index (χ4v) is 4.68. The number of benzene rings is 1. The van der Waals surface area contributed by atoms with E-state index in [9.17, 15) is 8.42 Å². The molecule has 0 saturated heterocycles. The van der Waals surface area contributed by atoms with Crippen LogP contribution in [0.15, 0.2) is 45.1 Å². The molecule has 1 N–H and O–H groups in total. The second-order valence-electron chi connectivity index (χ2n) is 5.50. The van der Waals surface area contributed by atoms with Crippen LogP contribution in [0, 0.1) is 13.8 Å². The summed E-state index contributed by atoms with van der Waals surface area (Å²) in [5.74, 6) is 0.618. The molecule has 0 saturated carbocycles. The van der Waals surface area contributed by atoms with Crippen molar-refractivity contribution in [3.8, 4) is 10.6 Å². The maximum atomic E-state index is 12.6. The molecule has 3 rings (SSSR count). The lowest BCUT2D eigenvalue weighted by Crippen LogP contribution is -2.11. The second-order valence-corrected chi connectivity index (χ2v) is 8.49. The Labute approximate surface area is 145 Å². The summed E-state index contributed by atoms with van der Waals surface area (Å²) in [6.45, 7) is 5.79. The normalized spacial score (nSPS) is 11.6. The molecule has 0 aliphatic heterocycles. The molecule has 7 heteroatoms. The molecule has 0 unspecified atom stereocenters.